The Morgan fingerprint density at radius 3 is 1.21 bits per heavy atom. The Morgan fingerprint density at radius 1 is 0.607 bits per heavy atom. The van der Waals surface area contributed by atoms with E-state index < -0.39 is 68.4 Å². The summed E-state index contributed by atoms with van der Waals surface area (Å²) in [5.74, 6) is -2.77. The molecule has 0 bridgehead atoms. The molecule has 0 saturated carbocycles. The number of halogens is 2. The van der Waals surface area contributed by atoms with Crippen molar-refractivity contribution in [2.45, 2.75) is 0 Å². The first-order valence-electron chi connectivity index (χ1n) is 6.63. The van der Waals surface area contributed by atoms with Crippen LogP contribution in [0.3, 0.4) is 0 Å². The summed E-state index contributed by atoms with van der Waals surface area (Å²) >= 11 is 11.8. The summed E-state index contributed by atoms with van der Waals surface area (Å²) in [7, 11) is 0. The van der Waals surface area contributed by atoms with Crippen molar-refractivity contribution in [2.75, 3.05) is 0 Å². The lowest BCUT2D eigenvalue weighted by molar-refractivity contribution is 0.140. The molecule has 0 amide bonds. The highest BCUT2D eigenvalue weighted by molar-refractivity contribution is 6.36. The topological polar surface area (TPSA) is 186 Å². The van der Waals surface area contributed by atoms with E-state index in [0.717, 1.165) is 12.1 Å². The molecule has 0 aliphatic heterocycles. The predicted molar refractivity (Wildman–Crippen MR) is 88.6 cm³/mol. The molecule has 0 fully saturated rings. The minimum Gasteiger partial charge on any atom is -0.449 e. The van der Waals surface area contributed by atoms with Crippen molar-refractivity contribution in [3.8, 4) is 23.0 Å². The highest BCUT2D eigenvalue weighted by Gasteiger charge is 2.28. The highest BCUT2D eigenvalue weighted by Crippen LogP contribution is 2.51. The summed E-state index contributed by atoms with van der Waals surface area (Å²) in [6, 6.07) is 1.56. The standard InChI is InChI=1S/C14H6Cl2O12/c15-3-1-5(25-11(17)18)7-6(26-12(19)20)2-4(16)10(28-14(23)24)8(7)9(3)27-13(21)22/h1-2H,(H,17,18)(H,19,20)(H,21,22)(H,23,24). The zero-order valence-electron chi connectivity index (χ0n) is 13.0. The van der Waals surface area contributed by atoms with E-state index in [1.807, 2.05) is 0 Å². The van der Waals surface area contributed by atoms with Crippen LogP contribution in [0.2, 0.25) is 10.0 Å². The van der Waals surface area contributed by atoms with Crippen molar-refractivity contribution in [1.82, 2.24) is 0 Å². The van der Waals surface area contributed by atoms with Crippen LogP contribution in [0.1, 0.15) is 0 Å². The Kier molecular flexibility index (Phi) is 5.86. The number of benzene rings is 2. The van der Waals surface area contributed by atoms with Gasteiger partial charge >= 0.3 is 24.6 Å². The number of carbonyl (C=O) groups is 4. The van der Waals surface area contributed by atoms with Crippen molar-refractivity contribution in [1.29, 1.82) is 0 Å². The molecule has 2 aromatic carbocycles. The summed E-state index contributed by atoms with van der Waals surface area (Å²) in [6.45, 7) is 0. The van der Waals surface area contributed by atoms with Gasteiger partial charge in [-0.3, -0.25) is 0 Å². The van der Waals surface area contributed by atoms with Crippen molar-refractivity contribution in [3.63, 3.8) is 0 Å². The Morgan fingerprint density at radius 2 is 0.929 bits per heavy atom. The monoisotopic (exact) mass is 436 g/mol. The van der Waals surface area contributed by atoms with Gasteiger partial charge < -0.3 is 39.4 Å². The van der Waals surface area contributed by atoms with Crippen LogP contribution >= 0.6 is 23.2 Å². The molecule has 0 aliphatic carbocycles. The van der Waals surface area contributed by atoms with E-state index in [9.17, 15) is 19.2 Å². The number of hydrogen-bond donors (Lipinski definition) is 4. The predicted octanol–water partition coefficient (Wildman–Crippen LogP) is 4.37. The van der Waals surface area contributed by atoms with Crippen molar-refractivity contribution in [3.05, 3.63) is 22.2 Å². The average molecular weight is 437 g/mol. The molecule has 148 valence electrons. The Labute approximate surface area is 162 Å². The number of ether oxygens (including phenoxy) is 4. The molecule has 28 heavy (non-hydrogen) atoms. The normalized spacial score (nSPS) is 10.2. The van der Waals surface area contributed by atoms with E-state index in [1.54, 1.807) is 0 Å². The molecule has 2 aromatic rings. The fourth-order valence-electron chi connectivity index (χ4n) is 2.17. The molecule has 0 saturated heterocycles. The summed E-state index contributed by atoms with van der Waals surface area (Å²) in [5.41, 5.74) is 0. The van der Waals surface area contributed by atoms with Gasteiger partial charge in [0.2, 0.25) is 0 Å². The Balaban J connectivity index is 3.07. The fourth-order valence-corrected chi connectivity index (χ4v) is 2.63. The van der Waals surface area contributed by atoms with E-state index in [0.29, 0.717) is 0 Å². The molecule has 0 unspecified atom stereocenters. The average Bonchev–Trinajstić information content (AvgIpc) is 2.51. The van der Waals surface area contributed by atoms with Crippen LogP contribution in [0, 0.1) is 0 Å². The van der Waals surface area contributed by atoms with Gasteiger partial charge in [-0.15, -0.1) is 0 Å². The van der Waals surface area contributed by atoms with Gasteiger partial charge in [0.05, 0.1) is 20.8 Å². The second kappa shape index (κ2) is 7.94. The molecule has 4 N–H and O–H groups in total. The largest absolute Gasteiger partial charge is 0.511 e. The first-order valence-corrected chi connectivity index (χ1v) is 7.38. The van der Waals surface area contributed by atoms with E-state index >= 15 is 0 Å². The summed E-state index contributed by atoms with van der Waals surface area (Å²) in [4.78, 5) is 43.9. The summed E-state index contributed by atoms with van der Waals surface area (Å²) in [6.07, 6.45) is -7.50. The van der Waals surface area contributed by atoms with Gasteiger partial charge in [-0.05, 0) is 0 Å². The molecule has 0 radical (unpaired) electrons. The zero-order chi connectivity index (χ0) is 21.2. The quantitative estimate of drug-likeness (QED) is 0.391. The van der Waals surface area contributed by atoms with Crippen molar-refractivity contribution >= 4 is 58.6 Å². The lowest BCUT2D eigenvalue weighted by Crippen LogP contribution is -2.11. The minimum absolute atomic E-state index is 0.550. The van der Waals surface area contributed by atoms with Gasteiger partial charge in [0.1, 0.15) is 11.5 Å². The summed E-state index contributed by atoms with van der Waals surface area (Å²) in [5, 5.41) is 33.3. The molecule has 2 rings (SSSR count). The maximum atomic E-state index is 11.0. The first-order chi connectivity index (χ1) is 13.0. The molecule has 0 atom stereocenters. The second-order valence-electron chi connectivity index (χ2n) is 4.59. The van der Waals surface area contributed by atoms with Gasteiger partial charge in [0.15, 0.2) is 11.5 Å². The SMILES string of the molecule is O=C(O)Oc1cc(Cl)c(OC(=O)O)c2c(OC(=O)O)c(Cl)cc(OC(=O)O)c12. The number of fused-ring (bicyclic) bond motifs is 1. The van der Waals surface area contributed by atoms with Gasteiger partial charge in [-0.25, -0.2) is 19.2 Å². The maximum Gasteiger partial charge on any atom is 0.511 e. The molecule has 0 aromatic heterocycles. The van der Waals surface area contributed by atoms with Crippen molar-refractivity contribution < 1.29 is 58.6 Å². The highest BCUT2D eigenvalue weighted by atomic mass is 35.5. The van der Waals surface area contributed by atoms with Crippen molar-refractivity contribution in [2.24, 2.45) is 0 Å². The van der Waals surface area contributed by atoms with E-state index in [4.69, 9.17) is 43.6 Å². The van der Waals surface area contributed by atoms with E-state index in [1.165, 1.54) is 0 Å². The molecule has 0 aliphatic rings. The molecule has 14 heteroatoms. The van der Waals surface area contributed by atoms with Crippen LogP contribution in [-0.4, -0.2) is 45.0 Å². The smallest absolute Gasteiger partial charge is 0.449 e. The Bertz CT molecular complexity index is 939. The van der Waals surface area contributed by atoms with Crippen LogP contribution < -0.4 is 18.9 Å². The molecule has 12 nitrogen and oxygen atoms in total. The fraction of sp³-hybridized carbons (Fsp3) is 0. The van der Waals surface area contributed by atoms with Crippen LogP contribution in [0.25, 0.3) is 10.8 Å². The van der Waals surface area contributed by atoms with Gasteiger partial charge in [0, 0.05) is 12.1 Å². The van der Waals surface area contributed by atoms with E-state index in [2.05, 4.69) is 18.9 Å². The molecular weight excluding hydrogens is 431 g/mol. The number of carboxylic acid groups (broad SMARTS) is 4. The van der Waals surface area contributed by atoms with Crippen LogP contribution in [-0.2, 0) is 0 Å². The van der Waals surface area contributed by atoms with Gasteiger partial charge in [0.25, 0.3) is 0 Å². The van der Waals surface area contributed by atoms with Crippen LogP contribution in [0.15, 0.2) is 12.1 Å². The van der Waals surface area contributed by atoms with Crippen LogP contribution in [0.4, 0.5) is 19.2 Å². The second-order valence-corrected chi connectivity index (χ2v) is 5.41. The first kappa shape index (κ1) is 20.7. The maximum absolute atomic E-state index is 11.0. The van der Waals surface area contributed by atoms with Crippen LogP contribution in [0.5, 0.6) is 23.0 Å². The molecule has 0 heterocycles. The van der Waals surface area contributed by atoms with Gasteiger partial charge in [-0.2, -0.15) is 0 Å². The lowest BCUT2D eigenvalue weighted by Gasteiger charge is -2.17. The van der Waals surface area contributed by atoms with Gasteiger partial charge in [-0.1, -0.05) is 23.2 Å². The third kappa shape index (κ3) is 4.36. The lowest BCUT2D eigenvalue weighted by atomic mass is 10.1. The third-order valence-corrected chi connectivity index (χ3v) is 3.48. The Hall–Kier alpha value is -3.64. The third-order valence-electron chi connectivity index (χ3n) is 2.92. The summed E-state index contributed by atoms with van der Waals surface area (Å²) < 4.78 is 18.0. The number of hydrogen-bond acceptors (Lipinski definition) is 8. The zero-order valence-corrected chi connectivity index (χ0v) is 14.5. The molecular formula is C14H6Cl2O12. The minimum atomic E-state index is -1.89. The number of rotatable bonds is 4. The molecule has 0 spiro atoms. The van der Waals surface area contributed by atoms with E-state index in [-0.39, 0.29) is 0 Å².